The van der Waals surface area contributed by atoms with Crippen LogP contribution in [0.4, 0.5) is 8.78 Å². The van der Waals surface area contributed by atoms with Crippen LogP contribution in [0.5, 0.6) is 28.7 Å². The minimum absolute atomic E-state index is 0.0536. The van der Waals surface area contributed by atoms with Crippen molar-refractivity contribution in [2.45, 2.75) is 6.61 Å². The molecule has 0 aromatic heterocycles. The fraction of sp³-hybridized carbons (Fsp3) is 0.250. The number of carbonyl (C=O) groups excluding carboxylic acids is 1. The molecule has 2 aromatic carbocycles. The van der Waals surface area contributed by atoms with E-state index >= 15 is 0 Å². The quantitative estimate of drug-likeness (QED) is 0.469. The Hall–Kier alpha value is -3.29. The van der Waals surface area contributed by atoms with Gasteiger partial charge in [0.25, 0.3) is 0 Å². The number of ketones is 1. The Labute approximate surface area is 161 Å². The Morgan fingerprint density at radius 3 is 1.93 bits per heavy atom. The highest BCUT2D eigenvalue weighted by Gasteiger charge is 2.17. The highest BCUT2D eigenvalue weighted by Crippen LogP contribution is 2.40. The molecule has 0 saturated heterocycles. The number of halogens is 2. The Morgan fingerprint density at radius 1 is 0.857 bits per heavy atom. The van der Waals surface area contributed by atoms with Crippen LogP contribution >= 0.6 is 0 Å². The van der Waals surface area contributed by atoms with Gasteiger partial charge in [-0.3, -0.25) is 4.79 Å². The van der Waals surface area contributed by atoms with Crippen molar-refractivity contribution in [1.82, 2.24) is 0 Å². The van der Waals surface area contributed by atoms with Gasteiger partial charge in [0.2, 0.25) is 5.75 Å². The first kappa shape index (κ1) is 21.0. The van der Waals surface area contributed by atoms with Gasteiger partial charge in [-0.2, -0.15) is 8.78 Å². The van der Waals surface area contributed by atoms with E-state index < -0.39 is 6.61 Å². The van der Waals surface area contributed by atoms with Crippen molar-refractivity contribution in [3.8, 4) is 28.7 Å². The van der Waals surface area contributed by atoms with E-state index in [9.17, 15) is 13.6 Å². The summed E-state index contributed by atoms with van der Waals surface area (Å²) in [7, 11) is 5.61. The van der Waals surface area contributed by atoms with Crippen LogP contribution < -0.4 is 23.7 Å². The molecule has 2 rings (SSSR count). The molecule has 2 aromatic rings. The zero-order chi connectivity index (χ0) is 20.7. The minimum Gasteiger partial charge on any atom is -0.493 e. The Morgan fingerprint density at radius 2 is 1.43 bits per heavy atom. The average molecular weight is 394 g/mol. The summed E-state index contributed by atoms with van der Waals surface area (Å²) >= 11 is 0. The molecule has 0 unspecified atom stereocenters. The van der Waals surface area contributed by atoms with Crippen LogP contribution in [-0.4, -0.2) is 40.8 Å². The first-order chi connectivity index (χ1) is 13.4. The van der Waals surface area contributed by atoms with Gasteiger partial charge in [-0.15, -0.1) is 0 Å². The molecule has 0 amide bonds. The minimum atomic E-state index is -3.03. The summed E-state index contributed by atoms with van der Waals surface area (Å²) in [5.74, 6) is 0.539. The van der Waals surface area contributed by atoms with Crippen molar-refractivity contribution in [3.63, 3.8) is 0 Å². The van der Waals surface area contributed by atoms with E-state index in [2.05, 4.69) is 4.74 Å². The van der Waals surface area contributed by atoms with Gasteiger partial charge in [0, 0.05) is 5.56 Å². The molecule has 0 spiro atoms. The predicted octanol–water partition coefficient (Wildman–Crippen LogP) is 4.22. The van der Waals surface area contributed by atoms with E-state index in [0.717, 1.165) is 0 Å². The maximum Gasteiger partial charge on any atom is 0.387 e. The lowest BCUT2D eigenvalue weighted by atomic mass is 10.1. The number of rotatable bonds is 9. The van der Waals surface area contributed by atoms with Crippen LogP contribution in [0.25, 0.3) is 6.08 Å². The van der Waals surface area contributed by atoms with Crippen molar-refractivity contribution in [3.05, 3.63) is 47.5 Å². The number of alkyl halides is 2. The Kier molecular flexibility index (Phi) is 7.20. The van der Waals surface area contributed by atoms with Gasteiger partial charge in [-0.1, -0.05) is 6.08 Å². The fourth-order valence-electron chi connectivity index (χ4n) is 2.46. The molecule has 0 aliphatic rings. The molecule has 0 bridgehead atoms. The van der Waals surface area contributed by atoms with Crippen molar-refractivity contribution in [2.75, 3.05) is 28.4 Å². The number of carbonyl (C=O) groups is 1. The van der Waals surface area contributed by atoms with E-state index in [4.69, 9.17) is 18.9 Å². The van der Waals surface area contributed by atoms with Crippen molar-refractivity contribution >= 4 is 11.9 Å². The van der Waals surface area contributed by atoms with Gasteiger partial charge in [0.15, 0.2) is 28.8 Å². The largest absolute Gasteiger partial charge is 0.493 e. The van der Waals surface area contributed by atoms with E-state index in [1.165, 1.54) is 52.7 Å². The normalized spacial score (nSPS) is 10.8. The van der Waals surface area contributed by atoms with Crippen molar-refractivity contribution in [1.29, 1.82) is 0 Å². The lowest BCUT2D eigenvalue weighted by Crippen LogP contribution is -2.05. The second-order valence-corrected chi connectivity index (χ2v) is 5.40. The van der Waals surface area contributed by atoms with Crippen molar-refractivity contribution < 1.29 is 37.3 Å². The molecule has 6 nitrogen and oxygen atoms in total. The molecule has 0 saturated carbocycles. The monoisotopic (exact) mass is 394 g/mol. The lowest BCUT2D eigenvalue weighted by Gasteiger charge is -2.14. The summed E-state index contributed by atoms with van der Waals surface area (Å²) < 4.78 is 50.2. The first-order valence-corrected chi connectivity index (χ1v) is 8.08. The summed E-state index contributed by atoms with van der Waals surface area (Å²) in [6.45, 7) is -3.03. The zero-order valence-electron chi connectivity index (χ0n) is 15.8. The van der Waals surface area contributed by atoms with Crippen LogP contribution in [0, 0.1) is 0 Å². The van der Waals surface area contributed by atoms with Crippen LogP contribution in [0.2, 0.25) is 0 Å². The molecule has 0 radical (unpaired) electrons. The predicted molar refractivity (Wildman–Crippen MR) is 99.1 cm³/mol. The molecule has 0 aliphatic heterocycles. The molecule has 0 atom stereocenters. The van der Waals surface area contributed by atoms with Gasteiger partial charge in [-0.25, -0.2) is 0 Å². The molecule has 8 heteroatoms. The first-order valence-electron chi connectivity index (χ1n) is 8.08. The number of methoxy groups -OCH3 is 4. The highest BCUT2D eigenvalue weighted by atomic mass is 19.3. The molecule has 0 N–H and O–H groups in total. The second-order valence-electron chi connectivity index (χ2n) is 5.40. The summed E-state index contributed by atoms with van der Waals surface area (Å²) in [6.07, 6.45) is 2.85. The fourth-order valence-corrected chi connectivity index (χ4v) is 2.46. The number of benzene rings is 2. The SMILES string of the molecule is COc1ccc(C(=O)/C=C/c2cc(OC)c(OC(F)F)c(OC)c2)cc1OC. The maximum atomic E-state index is 12.6. The summed E-state index contributed by atoms with van der Waals surface area (Å²) in [5.41, 5.74) is 0.898. The third kappa shape index (κ3) is 4.91. The van der Waals surface area contributed by atoms with E-state index in [-0.39, 0.29) is 23.0 Å². The van der Waals surface area contributed by atoms with Gasteiger partial charge in [0.1, 0.15) is 0 Å². The lowest BCUT2D eigenvalue weighted by molar-refractivity contribution is -0.0526. The molecule has 28 heavy (non-hydrogen) atoms. The molecular weight excluding hydrogens is 374 g/mol. The van der Waals surface area contributed by atoms with E-state index in [0.29, 0.717) is 22.6 Å². The van der Waals surface area contributed by atoms with Crippen LogP contribution in [0.1, 0.15) is 15.9 Å². The van der Waals surface area contributed by atoms with E-state index in [1.54, 1.807) is 18.2 Å². The maximum absolute atomic E-state index is 12.6. The number of hydrogen-bond donors (Lipinski definition) is 0. The zero-order valence-corrected chi connectivity index (χ0v) is 15.8. The molecule has 0 aliphatic carbocycles. The Balaban J connectivity index is 2.31. The third-order valence-electron chi connectivity index (χ3n) is 3.79. The van der Waals surface area contributed by atoms with Crippen LogP contribution in [-0.2, 0) is 0 Å². The van der Waals surface area contributed by atoms with Gasteiger partial charge in [-0.05, 0) is 42.0 Å². The van der Waals surface area contributed by atoms with Gasteiger partial charge < -0.3 is 23.7 Å². The van der Waals surface area contributed by atoms with Crippen LogP contribution in [0.3, 0.4) is 0 Å². The Bertz CT molecular complexity index is 839. The third-order valence-corrected chi connectivity index (χ3v) is 3.79. The highest BCUT2D eigenvalue weighted by molar-refractivity contribution is 6.07. The van der Waals surface area contributed by atoms with Gasteiger partial charge >= 0.3 is 6.61 Å². The summed E-state index contributed by atoms with van der Waals surface area (Å²) in [6, 6.07) is 7.71. The molecule has 0 heterocycles. The molecule has 150 valence electrons. The second kappa shape index (κ2) is 9.59. The van der Waals surface area contributed by atoms with Gasteiger partial charge in [0.05, 0.1) is 28.4 Å². The standard InChI is InChI=1S/C20H20F2O6/c1-24-15-8-6-13(11-16(15)25-2)14(23)7-5-12-9-17(26-3)19(28-20(21)22)18(10-12)27-4/h5-11,20H,1-4H3/b7-5+. The van der Waals surface area contributed by atoms with Crippen molar-refractivity contribution in [2.24, 2.45) is 0 Å². The number of ether oxygens (including phenoxy) is 5. The summed E-state index contributed by atoms with van der Waals surface area (Å²) in [4.78, 5) is 12.4. The number of allylic oxidation sites excluding steroid dienone is 1. The number of hydrogen-bond acceptors (Lipinski definition) is 6. The molecule has 0 fully saturated rings. The van der Waals surface area contributed by atoms with E-state index in [1.807, 2.05) is 0 Å². The van der Waals surface area contributed by atoms with Crippen LogP contribution in [0.15, 0.2) is 36.4 Å². The molecular formula is C20H20F2O6. The topological polar surface area (TPSA) is 63.2 Å². The summed E-state index contributed by atoms with van der Waals surface area (Å²) in [5, 5.41) is 0. The average Bonchev–Trinajstić information content (AvgIpc) is 2.71. The smallest absolute Gasteiger partial charge is 0.387 e.